The first-order valence-electron chi connectivity index (χ1n) is 8.26. The summed E-state index contributed by atoms with van der Waals surface area (Å²) < 4.78 is 0. The van der Waals surface area contributed by atoms with Crippen molar-refractivity contribution < 1.29 is 5.11 Å². The van der Waals surface area contributed by atoms with Crippen molar-refractivity contribution in [1.82, 2.24) is 20.2 Å². The minimum atomic E-state index is 0.240. The molecule has 0 atom stereocenters. The number of phenols is 1. The van der Waals surface area contributed by atoms with Crippen LogP contribution in [0.3, 0.4) is 0 Å². The maximum atomic E-state index is 9.56. The van der Waals surface area contributed by atoms with Crippen molar-refractivity contribution in [2.75, 3.05) is 0 Å². The fourth-order valence-electron chi connectivity index (χ4n) is 3.29. The largest absolute Gasteiger partial charge is 0.508 e. The van der Waals surface area contributed by atoms with Crippen LogP contribution in [-0.4, -0.2) is 25.3 Å². The Morgan fingerprint density at radius 1 is 0.846 bits per heavy atom. The van der Waals surface area contributed by atoms with Gasteiger partial charge in [0.1, 0.15) is 5.75 Å². The molecule has 0 radical (unpaired) electrons. The van der Waals surface area contributed by atoms with Crippen molar-refractivity contribution in [1.29, 1.82) is 0 Å². The van der Waals surface area contributed by atoms with E-state index in [-0.39, 0.29) is 5.75 Å². The zero-order valence-electron chi connectivity index (χ0n) is 13.7. The van der Waals surface area contributed by atoms with E-state index in [9.17, 15) is 5.11 Å². The number of nitrogens with zero attached hydrogens (tertiary/aromatic N) is 3. The number of aromatic hydroxyl groups is 1. The standard InChI is InChI=1S/C21H14N4O/c26-15-3-1-14(2-4-15)20-11-16(13-7-9-22-10-8-13)21-17-12-23-25-18(17)5-6-19(21)24-20/h1-12,26H,(H,23,25). The van der Waals surface area contributed by atoms with E-state index in [0.29, 0.717) is 0 Å². The molecular formula is C21H14N4O. The summed E-state index contributed by atoms with van der Waals surface area (Å²) in [5.41, 5.74) is 5.83. The van der Waals surface area contributed by atoms with Crippen LogP contribution in [0.2, 0.25) is 0 Å². The van der Waals surface area contributed by atoms with Crippen molar-refractivity contribution in [3.8, 4) is 28.1 Å². The molecule has 3 heterocycles. The average Bonchev–Trinajstić information content (AvgIpc) is 3.17. The van der Waals surface area contributed by atoms with Gasteiger partial charge in [-0.25, -0.2) is 4.98 Å². The maximum absolute atomic E-state index is 9.56. The molecule has 3 aromatic heterocycles. The average molecular weight is 338 g/mol. The zero-order valence-corrected chi connectivity index (χ0v) is 13.7. The number of aromatic amines is 1. The molecule has 5 nitrogen and oxygen atoms in total. The molecule has 5 heteroatoms. The lowest BCUT2D eigenvalue weighted by molar-refractivity contribution is 0.475. The van der Waals surface area contributed by atoms with Crippen molar-refractivity contribution in [3.05, 3.63) is 73.2 Å². The van der Waals surface area contributed by atoms with Gasteiger partial charge >= 0.3 is 0 Å². The maximum Gasteiger partial charge on any atom is 0.115 e. The van der Waals surface area contributed by atoms with E-state index in [1.54, 1.807) is 24.5 Å². The van der Waals surface area contributed by atoms with E-state index in [4.69, 9.17) is 4.98 Å². The Morgan fingerprint density at radius 2 is 1.65 bits per heavy atom. The first-order valence-corrected chi connectivity index (χ1v) is 8.26. The highest BCUT2D eigenvalue weighted by molar-refractivity contribution is 6.12. The second kappa shape index (κ2) is 5.67. The Kier molecular flexibility index (Phi) is 3.18. The third-order valence-electron chi connectivity index (χ3n) is 4.55. The van der Waals surface area contributed by atoms with Crippen LogP contribution in [-0.2, 0) is 0 Å². The molecular weight excluding hydrogens is 324 g/mol. The summed E-state index contributed by atoms with van der Waals surface area (Å²) in [5.74, 6) is 0.240. The van der Waals surface area contributed by atoms with Gasteiger partial charge in [0.2, 0.25) is 0 Å². The second-order valence-corrected chi connectivity index (χ2v) is 6.13. The first-order chi connectivity index (χ1) is 12.8. The van der Waals surface area contributed by atoms with Gasteiger partial charge in [-0.05, 0) is 65.7 Å². The Morgan fingerprint density at radius 3 is 2.46 bits per heavy atom. The van der Waals surface area contributed by atoms with Gasteiger partial charge in [0, 0.05) is 28.7 Å². The SMILES string of the molecule is Oc1ccc(-c2cc(-c3ccncc3)c3c(ccc4[nH]ncc43)n2)cc1. The molecule has 0 spiro atoms. The summed E-state index contributed by atoms with van der Waals surface area (Å²) in [5, 5.41) is 18.9. The predicted octanol–water partition coefficient (Wildman–Crippen LogP) is 4.55. The van der Waals surface area contributed by atoms with Crippen molar-refractivity contribution in [2.24, 2.45) is 0 Å². The minimum absolute atomic E-state index is 0.240. The topological polar surface area (TPSA) is 74.7 Å². The summed E-state index contributed by atoms with van der Waals surface area (Å²) in [6, 6.07) is 17.2. The third kappa shape index (κ3) is 2.29. The minimum Gasteiger partial charge on any atom is -0.508 e. The Balaban J connectivity index is 1.87. The van der Waals surface area contributed by atoms with Crippen LogP contribution < -0.4 is 0 Å². The molecule has 0 aliphatic carbocycles. The van der Waals surface area contributed by atoms with Crippen molar-refractivity contribution in [2.45, 2.75) is 0 Å². The van der Waals surface area contributed by atoms with Gasteiger partial charge in [-0.2, -0.15) is 5.10 Å². The molecule has 0 aliphatic heterocycles. The van der Waals surface area contributed by atoms with E-state index < -0.39 is 0 Å². The molecule has 2 aromatic carbocycles. The Hall–Kier alpha value is -3.73. The van der Waals surface area contributed by atoms with E-state index in [0.717, 1.165) is 44.2 Å². The molecule has 5 rings (SSSR count). The van der Waals surface area contributed by atoms with Crippen LogP contribution in [0, 0.1) is 0 Å². The highest BCUT2D eigenvalue weighted by Crippen LogP contribution is 2.35. The van der Waals surface area contributed by atoms with E-state index >= 15 is 0 Å². The van der Waals surface area contributed by atoms with Gasteiger partial charge in [-0.3, -0.25) is 10.1 Å². The number of aromatic nitrogens is 4. The highest BCUT2D eigenvalue weighted by atomic mass is 16.3. The lowest BCUT2D eigenvalue weighted by Gasteiger charge is -2.11. The predicted molar refractivity (Wildman–Crippen MR) is 102 cm³/mol. The zero-order chi connectivity index (χ0) is 17.5. The highest BCUT2D eigenvalue weighted by Gasteiger charge is 2.13. The van der Waals surface area contributed by atoms with Crippen molar-refractivity contribution >= 4 is 21.8 Å². The summed E-state index contributed by atoms with van der Waals surface area (Å²) in [6.45, 7) is 0. The van der Waals surface area contributed by atoms with Crippen molar-refractivity contribution in [3.63, 3.8) is 0 Å². The fraction of sp³-hybridized carbons (Fsp3) is 0. The van der Waals surface area contributed by atoms with Crippen LogP contribution in [0.15, 0.2) is 73.2 Å². The Bertz CT molecular complexity index is 1230. The van der Waals surface area contributed by atoms with Gasteiger partial charge in [-0.15, -0.1) is 0 Å². The number of phenolic OH excluding ortho intramolecular Hbond substituents is 1. The molecule has 5 aromatic rings. The normalized spacial score (nSPS) is 11.2. The summed E-state index contributed by atoms with van der Waals surface area (Å²) >= 11 is 0. The van der Waals surface area contributed by atoms with Gasteiger partial charge < -0.3 is 5.11 Å². The number of H-pyrrole nitrogens is 1. The molecule has 2 N–H and O–H groups in total. The fourth-order valence-corrected chi connectivity index (χ4v) is 3.29. The quantitative estimate of drug-likeness (QED) is 0.495. The van der Waals surface area contributed by atoms with E-state index in [1.165, 1.54) is 0 Å². The van der Waals surface area contributed by atoms with Gasteiger partial charge in [0.15, 0.2) is 0 Å². The molecule has 0 saturated carbocycles. The van der Waals surface area contributed by atoms with Gasteiger partial charge in [0.05, 0.1) is 22.9 Å². The lowest BCUT2D eigenvalue weighted by Crippen LogP contribution is -1.91. The first kappa shape index (κ1) is 14.6. The summed E-state index contributed by atoms with van der Waals surface area (Å²) in [7, 11) is 0. The van der Waals surface area contributed by atoms with Crippen LogP contribution >= 0.6 is 0 Å². The van der Waals surface area contributed by atoms with Gasteiger partial charge in [-0.1, -0.05) is 0 Å². The molecule has 0 bridgehead atoms. The second-order valence-electron chi connectivity index (χ2n) is 6.13. The van der Waals surface area contributed by atoms with E-state index in [2.05, 4.69) is 21.2 Å². The number of fused-ring (bicyclic) bond motifs is 3. The Labute approximate surface area is 149 Å². The van der Waals surface area contributed by atoms with Crippen LogP contribution in [0.25, 0.3) is 44.2 Å². The van der Waals surface area contributed by atoms with Crippen LogP contribution in [0.5, 0.6) is 5.75 Å². The number of nitrogens with one attached hydrogen (secondary N) is 1. The monoisotopic (exact) mass is 338 g/mol. The summed E-state index contributed by atoms with van der Waals surface area (Å²) in [4.78, 5) is 8.98. The van der Waals surface area contributed by atoms with Crippen LogP contribution in [0.1, 0.15) is 0 Å². The molecule has 124 valence electrons. The summed E-state index contributed by atoms with van der Waals surface area (Å²) in [6.07, 6.45) is 5.42. The number of hydrogen-bond donors (Lipinski definition) is 2. The van der Waals surface area contributed by atoms with Gasteiger partial charge in [0.25, 0.3) is 0 Å². The molecule has 0 fully saturated rings. The molecule has 0 saturated heterocycles. The number of benzene rings is 2. The third-order valence-corrected chi connectivity index (χ3v) is 4.55. The van der Waals surface area contributed by atoms with Crippen LogP contribution in [0.4, 0.5) is 0 Å². The molecule has 26 heavy (non-hydrogen) atoms. The smallest absolute Gasteiger partial charge is 0.115 e. The molecule has 0 amide bonds. The number of pyridine rings is 2. The number of rotatable bonds is 2. The lowest BCUT2D eigenvalue weighted by atomic mass is 9.97. The number of hydrogen-bond acceptors (Lipinski definition) is 4. The van der Waals surface area contributed by atoms with E-state index in [1.807, 2.05) is 42.6 Å². The molecule has 0 aliphatic rings. The molecule has 0 unspecified atom stereocenters.